The maximum absolute atomic E-state index is 12.5. The number of carbonyl (C=O) groups is 2. The van der Waals surface area contributed by atoms with Gasteiger partial charge in [-0.3, -0.25) is 4.79 Å². The Morgan fingerprint density at radius 3 is 2.41 bits per heavy atom. The summed E-state index contributed by atoms with van der Waals surface area (Å²) >= 11 is 12.1. The van der Waals surface area contributed by atoms with Crippen LogP contribution in [0.4, 0.5) is 5.82 Å². The van der Waals surface area contributed by atoms with Crippen molar-refractivity contribution in [3.8, 4) is 5.75 Å². The van der Waals surface area contributed by atoms with E-state index in [1.165, 1.54) is 0 Å². The minimum Gasteiger partial charge on any atom is -0.484 e. The second kappa shape index (κ2) is 9.94. The van der Waals surface area contributed by atoms with Gasteiger partial charge in [-0.2, -0.15) is 0 Å². The maximum Gasteiger partial charge on any atom is 0.260 e. The number of rotatable bonds is 7. The van der Waals surface area contributed by atoms with Gasteiger partial charge in [-0.1, -0.05) is 35.3 Å². The van der Waals surface area contributed by atoms with Gasteiger partial charge in [-0.15, -0.1) is 0 Å². The van der Waals surface area contributed by atoms with Gasteiger partial charge in [0.1, 0.15) is 17.4 Å². The van der Waals surface area contributed by atoms with E-state index in [4.69, 9.17) is 27.9 Å². The van der Waals surface area contributed by atoms with E-state index in [2.05, 4.69) is 4.98 Å². The van der Waals surface area contributed by atoms with E-state index < -0.39 is 0 Å². The number of amides is 1. The fraction of sp³-hybridized carbons (Fsp3) is 0.381. The molecule has 1 aliphatic heterocycles. The Hall–Kier alpha value is -2.31. The lowest BCUT2D eigenvalue weighted by Crippen LogP contribution is -2.50. The van der Waals surface area contributed by atoms with Crippen LogP contribution >= 0.6 is 23.2 Å². The lowest BCUT2D eigenvalue weighted by Gasteiger charge is -2.35. The highest BCUT2D eigenvalue weighted by Crippen LogP contribution is 2.26. The molecule has 1 saturated heterocycles. The van der Waals surface area contributed by atoms with E-state index in [1.54, 1.807) is 24.1 Å². The number of aryl methyl sites for hydroxylation is 1. The number of aromatic nitrogens is 1. The summed E-state index contributed by atoms with van der Waals surface area (Å²) < 4.78 is 5.63. The van der Waals surface area contributed by atoms with E-state index in [1.807, 2.05) is 29.2 Å². The van der Waals surface area contributed by atoms with Gasteiger partial charge in [0.05, 0.1) is 10.0 Å². The van der Waals surface area contributed by atoms with Crippen molar-refractivity contribution in [1.82, 2.24) is 9.88 Å². The van der Waals surface area contributed by atoms with Crippen molar-refractivity contribution in [2.45, 2.75) is 19.8 Å². The third kappa shape index (κ3) is 6.08. The lowest BCUT2D eigenvalue weighted by atomic mass is 10.1. The molecule has 0 N–H and O–H groups in total. The van der Waals surface area contributed by atoms with Crippen LogP contribution in [0.15, 0.2) is 36.5 Å². The third-order valence-electron chi connectivity index (χ3n) is 4.77. The molecule has 1 aromatic heterocycles. The van der Waals surface area contributed by atoms with Crippen molar-refractivity contribution in [3.05, 3.63) is 52.1 Å². The van der Waals surface area contributed by atoms with Crippen molar-refractivity contribution < 1.29 is 14.3 Å². The number of anilines is 1. The number of ketones is 1. The minimum atomic E-state index is -0.0551. The van der Waals surface area contributed by atoms with Gasteiger partial charge in [0.15, 0.2) is 6.61 Å². The first-order chi connectivity index (χ1) is 13.9. The van der Waals surface area contributed by atoms with Gasteiger partial charge in [-0.05, 0) is 37.1 Å². The van der Waals surface area contributed by atoms with Crippen LogP contribution in [0.2, 0.25) is 10.0 Å². The summed E-state index contributed by atoms with van der Waals surface area (Å²) in [6, 6.07) is 9.17. The first-order valence-corrected chi connectivity index (χ1v) is 10.2. The Labute approximate surface area is 180 Å². The molecule has 0 spiro atoms. The van der Waals surface area contributed by atoms with Crippen molar-refractivity contribution >= 4 is 40.7 Å². The normalized spacial score (nSPS) is 14.0. The predicted octanol–water partition coefficient (Wildman–Crippen LogP) is 3.64. The first-order valence-electron chi connectivity index (χ1n) is 9.47. The molecule has 29 heavy (non-hydrogen) atoms. The Kier molecular flexibility index (Phi) is 7.34. The Morgan fingerprint density at radius 1 is 1.10 bits per heavy atom. The van der Waals surface area contributed by atoms with Crippen LogP contribution in [0.5, 0.6) is 5.75 Å². The fourth-order valence-corrected chi connectivity index (χ4v) is 3.62. The fourth-order valence-electron chi connectivity index (χ4n) is 3.12. The second-order valence-corrected chi connectivity index (χ2v) is 7.81. The predicted molar refractivity (Wildman–Crippen MR) is 114 cm³/mol. The molecule has 0 bridgehead atoms. The quantitative estimate of drug-likeness (QED) is 0.664. The molecule has 154 valence electrons. The number of carbonyl (C=O) groups excluding carboxylic acids is 2. The summed E-state index contributed by atoms with van der Waals surface area (Å²) in [5.74, 6) is 1.44. The summed E-state index contributed by atoms with van der Waals surface area (Å²) in [5, 5.41) is 1.00. The molecule has 2 heterocycles. The molecule has 1 aliphatic rings. The molecule has 6 nitrogen and oxygen atoms in total. The van der Waals surface area contributed by atoms with Crippen molar-refractivity contribution in [1.29, 1.82) is 0 Å². The summed E-state index contributed by atoms with van der Waals surface area (Å²) in [6.07, 6.45) is 2.81. The lowest BCUT2D eigenvalue weighted by molar-refractivity contribution is -0.133. The van der Waals surface area contributed by atoms with E-state index >= 15 is 0 Å². The van der Waals surface area contributed by atoms with Gasteiger partial charge < -0.3 is 19.3 Å². The number of benzene rings is 1. The number of hydrogen-bond acceptors (Lipinski definition) is 5. The zero-order chi connectivity index (χ0) is 20.8. The summed E-state index contributed by atoms with van der Waals surface area (Å²) in [6.45, 7) is 4.02. The van der Waals surface area contributed by atoms with E-state index in [-0.39, 0.29) is 18.3 Å². The van der Waals surface area contributed by atoms with E-state index in [0.717, 1.165) is 5.56 Å². The minimum absolute atomic E-state index is 0.00720. The number of Topliss-reactive ketones (excluding diaryl/α,β-unsaturated/α-hetero) is 1. The Bertz CT molecular complexity index is 866. The van der Waals surface area contributed by atoms with Crippen molar-refractivity contribution in [3.63, 3.8) is 0 Å². The first kappa shape index (κ1) is 21.4. The van der Waals surface area contributed by atoms with E-state index in [0.29, 0.717) is 60.6 Å². The average molecular weight is 436 g/mol. The van der Waals surface area contributed by atoms with Gasteiger partial charge in [0.25, 0.3) is 5.91 Å². The zero-order valence-corrected chi connectivity index (χ0v) is 17.7. The molecular weight excluding hydrogens is 413 g/mol. The molecule has 1 amide bonds. The summed E-state index contributed by atoms with van der Waals surface area (Å²) in [7, 11) is 0. The van der Waals surface area contributed by atoms with Crippen LogP contribution in [0.25, 0.3) is 0 Å². The standard InChI is InChI=1S/C21H23Cl2N3O3/c1-15(27)2-3-16-4-6-18(7-5-16)29-14-20(28)25-8-10-26(11-9-25)21-19(23)12-17(22)13-24-21/h4-7,12-13H,2-3,8-11,14H2,1H3. The van der Waals surface area contributed by atoms with Crippen LogP contribution in [0, 0.1) is 0 Å². The van der Waals surface area contributed by atoms with E-state index in [9.17, 15) is 9.59 Å². The van der Waals surface area contributed by atoms with Crippen LogP contribution in [-0.4, -0.2) is 54.4 Å². The molecule has 0 atom stereocenters. The molecule has 3 rings (SSSR count). The van der Waals surface area contributed by atoms with Crippen LogP contribution in [-0.2, 0) is 16.0 Å². The largest absolute Gasteiger partial charge is 0.484 e. The smallest absolute Gasteiger partial charge is 0.260 e. The van der Waals surface area contributed by atoms with Crippen LogP contribution in [0.3, 0.4) is 0 Å². The topological polar surface area (TPSA) is 62.7 Å². The monoisotopic (exact) mass is 435 g/mol. The molecule has 0 saturated carbocycles. The van der Waals surface area contributed by atoms with Crippen LogP contribution < -0.4 is 9.64 Å². The SMILES string of the molecule is CC(=O)CCc1ccc(OCC(=O)N2CCN(c3ncc(Cl)cc3Cl)CC2)cc1. The van der Waals surface area contributed by atoms with Gasteiger partial charge in [-0.25, -0.2) is 4.98 Å². The van der Waals surface area contributed by atoms with Gasteiger partial charge >= 0.3 is 0 Å². The molecular formula is C21H23Cl2N3O3. The number of hydrogen-bond donors (Lipinski definition) is 0. The van der Waals surface area contributed by atoms with Crippen molar-refractivity contribution in [2.24, 2.45) is 0 Å². The Balaban J connectivity index is 1.45. The highest BCUT2D eigenvalue weighted by atomic mass is 35.5. The van der Waals surface area contributed by atoms with Crippen LogP contribution in [0.1, 0.15) is 18.9 Å². The molecule has 0 unspecified atom stereocenters. The number of nitrogens with zero attached hydrogens (tertiary/aromatic N) is 3. The molecule has 1 fully saturated rings. The number of halogens is 2. The molecule has 0 aliphatic carbocycles. The number of piperazine rings is 1. The highest BCUT2D eigenvalue weighted by Gasteiger charge is 2.23. The van der Waals surface area contributed by atoms with Gasteiger partial charge in [0.2, 0.25) is 0 Å². The Morgan fingerprint density at radius 2 is 1.79 bits per heavy atom. The summed E-state index contributed by atoms with van der Waals surface area (Å²) in [4.78, 5) is 31.6. The molecule has 2 aromatic rings. The highest BCUT2D eigenvalue weighted by molar-refractivity contribution is 6.36. The maximum atomic E-state index is 12.5. The molecule has 8 heteroatoms. The molecule has 1 aromatic carbocycles. The second-order valence-electron chi connectivity index (χ2n) is 6.96. The number of ether oxygens (including phenoxy) is 1. The zero-order valence-electron chi connectivity index (χ0n) is 16.2. The average Bonchev–Trinajstić information content (AvgIpc) is 2.71. The summed E-state index contributed by atoms with van der Waals surface area (Å²) in [5.41, 5.74) is 1.07. The van der Waals surface area contributed by atoms with Crippen molar-refractivity contribution in [2.75, 3.05) is 37.7 Å². The van der Waals surface area contributed by atoms with Gasteiger partial charge in [0, 0.05) is 38.8 Å². The number of pyridine rings is 1. The molecule has 0 radical (unpaired) electrons. The third-order valence-corrected chi connectivity index (χ3v) is 5.26.